The Bertz CT molecular complexity index is 1110. The molecule has 2 amide bonds. The number of hydrogen-bond acceptors (Lipinski definition) is 6. The summed E-state index contributed by atoms with van der Waals surface area (Å²) in [5, 5.41) is 6.88. The summed E-state index contributed by atoms with van der Waals surface area (Å²) in [6.07, 6.45) is 0.874. The van der Waals surface area contributed by atoms with Crippen LogP contribution in [0.25, 0.3) is 0 Å². The summed E-state index contributed by atoms with van der Waals surface area (Å²) in [6.45, 7) is 3.78. The van der Waals surface area contributed by atoms with Crippen LogP contribution in [-0.2, 0) is 23.0 Å². The van der Waals surface area contributed by atoms with Crippen LogP contribution in [0.2, 0.25) is 0 Å². The molecule has 0 spiro atoms. The van der Waals surface area contributed by atoms with E-state index in [-0.39, 0.29) is 24.0 Å². The second-order valence-corrected chi connectivity index (χ2v) is 8.36. The normalized spacial score (nSPS) is 20.5. The van der Waals surface area contributed by atoms with Gasteiger partial charge in [0.2, 0.25) is 5.91 Å². The Hall–Kier alpha value is -3.49. The maximum atomic E-state index is 13.3. The van der Waals surface area contributed by atoms with Gasteiger partial charge in [0.15, 0.2) is 11.6 Å². The van der Waals surface area contributed by atoms with E-state index in [1.807, 2.05) is 13.0 Å². The van der Waals surface area contributed by atoms with Crippen molar-refractivity contribution in [3.63, 3.8) is 0 Å². The van der Waals surface area contributed by atoms with Crippen molar-refractivity contribution in [2.24, 2.45) is 13.0 Å². The summed E-state index contributed by atoms with van der Waals surface area (Å²) in [7, 11) is 1.70. The molecule has 1 aliphatic carbocycles. The molecule has 2 aromatic rings. The lowest BCUT2D eigenvalue weighted by Gasteiger charge is -2.16. The summed E-state index contributed by atoms with van der Waals surface area (Å²) in [4.78, 5) is 51.3. The van der Waals surface area contributed by atoms with Gasteiger partial charge in [-0.1, -0.05) is 0 Å². The highest BCUT2D eigenvalue weighted by atomic mass is 16.6. The standard InChI is InChI=1S/C23H26N4O5/c1-13-9-20(26(3)25-13)22(30)19-6-4-5-15-10-16(7-8-18(15)21(19)29)27-12-17(32-23(27)31)11-24-14(2)28/h7-10,17,19H,4-6,11-12H2,1-3H3,(H,24,28)/t17-,19?/m0/s1. The molecule has 1 fully saturated rings. The van der Waals surface area contributed by atoms with E-state index < -0.39 is 18.1 Å². The van der Waals surface area contributed by atoms with Gasteiger partial charge in [0.1, 0.15) is 11.8 Å². The summed E-state index contributed by atoms with van der Waals surface area (Å²) in [6, 6.07) is 6.94. The first-order valence-electron chi connectivity index (χ1n) is 10.7. The molecule has 2 atom stereocenters. The van der Waals surface area contributed by atoms with Gasteiger partial charge in [-0.25, -0.2) is 4.79 Å². The minimum atomic E-state index is -0.740. The number of anilines is 1. The van der Waals surface area contributed by atoms with Crippen molar-refractivity contribution < 1.29 is 23.9 Å². The number of aromatic nitrogens is 2. The number of benzene rings is 1. The molecule has 2 heterocycles. The number of ether oxygens (including phenoxy) is 1. The maximum Gasteiger partial charge on any atom is 0.414 e. The lowest BCUT2D eigenvalue weighted by atomic mass is 9.89. The number of nitrogens with one attached hydrogen (secondary N) is 1. The van der Waals surface area contributed by atoms with E-state index in [4.69, 9.17) is 4.74 Å². The van der Waals surface area contributed by atoms with Gasteiger partial charge >= 0.3 is 6.09 Å². The fraction of sp³-hybridized carbons (Fsp3) is 0.435. The van der Waals surface area contributed by atoms with Gasteiger partial charge in [0, 0.05) is 25.2 Å². The molecule has 1 aromatic carbocycles. The minimum absolute atomic E-state index is 0.187. The van der Waals surface area contributed by atoms with Gasteiger partial charge in [-0.05, 0) is 56.0 Å². The molecule has 1 N–H and O–H groups in total. The zero-order valence-corrected chi connectivity index (χ0v) is 18.4. The molecule has 1 saturated heterocycles. The number of carbonyl (C=O) groups excluding carboxylic acids is 4. The molecule has 0 bridgehead atoms. The van der Waals surface area contributed by atoms with Gasteiger partial charge in [-0.15, -0.1) is 0 Å². The highest BCUT2D eigenvalue weighted by Gasteiger charge is 2.35. The second kappa shape index (κ2) is 8.57. The number of ketones is 2. The van der Waals surface area contributed by atoms with Crippen LogP contribution in [0, 0.1) is 12.8 Å². The third kappa shape index (κ3) is 4.15. The number of Topliss-reactive ketones (excluding diaryl/α,β-unsaturated/α-hetero) is 2. The number of aryl methyl sites for hydroxylation is 3. The first-order valence-corrected chi connectivity index (χ1v) is 10.7. The average molecular weight is 438 g/mol. The van der Waals surface area contributed by atoms with Gasteiger partial charge < -0.3 is 10.1 Å². The third-order valence-electron chi connectivity index (χ3n) is 5.95. The van der Waals surface area contributed by atoms with Crippen molar-refractivity contribution in [1.82, 2.24) is 15.1 Å². The van der Waals surface area contributed by atoms with Crippen molar-refractivity contribution in [3.8, 4) is 0 Å². The number of fused-ring (bicyclic) bond motifs is 1. The molecule has 9 nitrogen and oxygen atoms in total. The predicted molar refractivity (Wildman–Crippen MR) is 116 cm³/mol. The molecule has 4 rings (SSSR count). The van der Waals surface area contributed by atoms with E-state index in [1.165, 1.54) is 16.5 Å². The van der Waals surface area contributed by atoms with E-state index >= 15 is 0 Å². The average Bonchev–Trinajstić information content (AvgIpc) is 3.24. The maximum absolute atomic E-state index is 13.3. The lowest BCUT2D eigenvalue weighted by molar-refractivity contribution is -0.119. The monoisotopic (exact) mass is 438 g/mol. The lowest BCUT2D eigenvalue weighted by Crippen LogP contribution is -2.33. The molecular weight excluding hydrogens is 412 g/mol. The molecule has 168 valence electrons. The van der Waals surface area contributed by atoms with Gasteiger partial charge in [0.25, 0.3) is 0 Å². The van der Waals surface area contributed by atoms with Crippen molar-refractivity contribution in [2.75, 3.05) is 18.0 Å². The molecule has 0 saturated carbocycles. The number of nitrogens with zero attached hydrogens (tertiary/aromatic N) is 3. The number of amides is 2. The van der Waals surface area contributed by atoms with Crippen molar-refractivity contribution >= 4 is 29.3 Å². The predicted octanol–water partition coefficient (Wildman–Crippen LogP) is 2.21. The Morgan fingerprint density at radius 2 is 2.03 bits per heavy atom. The van der Waals surface area contributed by atoms with Crippen LogP contribution in [-0.4, -0.2) is 52.5 Å². The first-order chi connectivity index (χ1) is 15.2. The highest BCUT2D eigenvalue weighted by Crippen LogP contribution is 2.31. The highest BCUT2D eigenvalue weighted by molar-refractivity contribution is 6.16. The SMILES string of the molecule is CC(=O)NC[C@H]1CN(c2ccc3c(c2)CCCC(C(=O)c2cc(C)nn2C)C3=O)C(=O)O1. The summed E-state index contributed by atoms with van der Waals surface area (Å²) in [5.41, 5.74) is 3.15. The quantitative estimate of drug-likeness (QED) is 0.435. The fourth-order valence-corrected chi connectivity index (χ4v) is 4.38. The van der Waals surface area contributed by atoms with Crippen LogP contribution in [0.15, 0.2) is 24.3 Å². The van der Waals surface area contributed by atoms with Crippen LogP contribution < -0.4 is 10.2 Å². The van der Waals surface area contributed by atoms with Gasteiger partial charge in [0.05, 0.1) is 24.7 Å². The zero-order chi connectivity index (χ0) is 23.0. The van der Waals surface area contributed by atoms with Crippen molar-refractivity contribution in [2.45, 2.75) is 39.2 Å². The van der Waals surface area contributed by atoms with Crippen LogP contribution in [0.1, 0.15) is 51.9 Å². The summed E-state index contributed by atoms with van der Waals surface area (Å²) >= 11 is 0. The van der Waals surface area contributed by atoms with E-state index in [0.29, 0.717) is 42.8 Å². The van der Waals surface area contributed by atoms with E-state index in [0.717, 1.165) is 11.3 Å². The molecule has 32 heavy (non-hydrogen) atoms. The van der Waals surface area contributed by atoms with E-state index in [2.05, 4.69) is 10.4 Å². The van der Waals surface area contributed by atoms with Crippen LogP contribution >= 0.6 is 0 Å². The van der Waals surface area contributed by atoms with Gasteiger partial charge in [-0.2, -0.15) is 5.10 Å². The van der Waals surface area contributed by atoms with E-state index in [9.17, 15) is 19.2 Å². The Morgan fingerprint density at radius 3 is 2.72 bits per heavy atom. The number of hydrogen-bond donors (Lipinski definition) is 1. The summed E-state index contributed by atoms with van der Waals surface area (Å²) in [5.74, 6) is -1.33. The van der Waals surface area contributed by atoms with Crippen LogP contribution in [0.5, 0.6) is 0 Å². The Morgan fingerprint density at radius 1 is 1.25 bits per heavy atom. The fourth-order valence-electron chi connectivity index (χ4n) is 4.38. The number of carbonyl (C=O) groups is 4. The van der Waals surface area contributed by atoms with E-state index in [1.54, 1.807) is 25.2 Å². The topological polar surface area (TPSA) is 111 Å². The Balaban J connectivity index is 1.55. The number of cyclic esters (lactones) is 1. The van der Waals surface area contributed by atoms with Crippen LogP contribution in [0.3, 0.4) is 0 Å². The first kappa shape index (κ1) is 21.7. The second-order valence-electron chi connectivity index (χ2n) is 8.36. The van der Waals surface area contributed by atoms with Crippen LogP contribution in [0.4, 0.5) is 10.5 Å². The Kier molecular flexibility index (Phi) is 5.82. The molecule has 1 aliphatic heterocycles. The number of rotatable bonds is 5. The third-order valence-corrected chi connectivity index (χ3v) is 5.95. The minimum Gasteiger partial charge on any atom is -0.442 e. The molecule has 1 unspecified atom stereocenters. The zero-order valence-electron chi connectivity index (χ0n) is 18.4. The van der Waals surface area contributed by atoms with Crippen molar-refractivity contribution in [1.29, 1.82) is 0 Å². The van der Waals surface area contributed by atoms with Gasteiger partial charge in [-0.3, -0.25) is 24.0 Å². The molecule has 1 aromatic heterocycles. The molecule has 9 heteroatoms. The molecular formula is C23H26N4O5. The largest absolute Gasteiger partial charge is 0.442 e. The molecule has 2 aliphatic rings. The smallest absolute Gasteiger partial charge is 0.414 e. The molecule has 0 radical (unpaired) electrons. The van der Waals surface area contributed by atoms with Crippen molar-refractivity contribution in [3.05, 3.63) is 46.8 Å². The Labute approximate surface area is 185 Å². The summed E-state index contributed by atoms with van der Waals surface area (Å²) < 4.78 is 6.86.